The lowest BCUT2D eigenvalue weighted by Gasteiger charge is -2.19. The number of hydrogen-bond acceptors (Lipinski definition) is 25. The smallest absolute Gasteiger partial charge is 0.395 e. The maximum Gasteiger partial charge on any atom is 0.471 e. The fraction of sp³-hybridized carbons (Fsp3) is 0.704. The number of aliphatic hydroxyl groups excluding tert-OH is 1. The molecule has 0 saturated heterocycles. The van der Waals surface area contributed by atoms with Gasteiger partial charge in [-0.25, -0.2) is 0 Å². The Morgan fingerprint density at radius 3 is 0.536 bits per heavy atom. The second kappa shape index (κ2) is 66.3. The Morgan fingerprint density at radius 2 is 0.438 bits per heavy atom. The summed E-state index contributed by atoms with van der Waals surface area (Å²) in [7, 11) is 0.868. The van der Waals surface area contributed by atoms with E-state index in [-0.39, 0.29) is 71.1 Å². The SMILES string of the molecule is C.C=CC(=O)NCCOC(OCCNC(=O)C=C)OCCNC(=O)C=C.CC.COC(OC)OC.CS(=O)(=O)O.O=C(NCCO)C(F)(F)F.O=C(NCCOC(OCCNC(=O)C(F)(F)F)OCCNC(=O)C(F)(F)F)C(F)(F)F.O=C(NCCOC(OCCNC(=O)C(F)(F)F)OCCNC(=O)C(F)(F)F)C(F)(F)F. The highest BCUT2D eigenvalue weighted by molar-refractivity contribution is 7.85. The van der Waals surface area contributed by atoms with Crippen LogP contribution in [0, 0.1) is 0 Å². The first-order chi connectivity index (χ1) is 51.0. The number of ether oxygens (including phenoxy) is 12. The molecule has 662 valence electrons. The number of alkyl halides is 21. The van der Waals surface area contributed by atoms with E-state index in [0.717, 1.165) is 18.2 Å². The van der Waals surface area contributed by atoms with E-state index in [1.54, 1.807) is 0 Å². The number of nitrogens with one attached hydrogen (secondary N) is 10. The minimum absolute atomic E-state index is 0. The van der Waals surface area contributed by atoms with Gasteiger partial charge in [-0.05, 0) is 18.2 Å². The summed E-state index contributed by atoms with van der Waals surface area (Å²) in [5.74, 6) is -16.7. The van der Waals surface area contributed by atoms with Crippen LogP contribution in [0.25, 0.3) is 0 Å². The average Bonchev–Trinajstić information content (AvgIpc) is 0.967. The van der Waals surface area contributed by atoms with E-state index in [4.69, 9.17) is 52.3 Å². The Morgan fingerprint density at radius 1 is 0.312 bits per heavy atom. The second-order valence-corrected chi connectivity index (χ2v) is 19.4. The lowest BCUT2D eigenvalue weighted by atomic mass is 10.5. The zero-order valence-corrected chi connectivity index (χ0v) is 59.7. The predicted octanol–water partition coefficient (Wildman–Crippen LogP) is 0.970. The average molecular weight is 1720 g/mol. The lowest BCUT2D eigenvalue weighted by molar-refractivity contribution is -0.286. The fourth-order valence-corrected chi connectivity index (χ4v) is 4.72. The maximum atomic E-state index is 12.0. The first kappa shape index (κ1) is 120. The molecule has 58 heteroatoms. The van der Waals surface area contributed by atoms with Crippen LogP contribution in [0.1, 0.15) is 21.3 Å². The summed E-state index contributed by atoms with van der Waals surface area (Å²) in [4.78, 5) is 107. The predicted molar refractivity (Wildman–Crippen MR) is 335 cm³/mol. The Bertz CT molecular complexity index is 2410. The van der Waals surface area contributed by atoms with Gasteiger partial charge in [0.05, 0.1) is 72.3 Å². The molecule has 0 unspecified atom stereocenters. The summed E-state index contributed by atoms with van der Waals surface area (Å²) >= 11 is 0. The number of amides is 10. The van der Waals surface area contributed by atoms with Crippen molar-refractivity contribution < 1.29 is 215 Å². The quantitative estimate of drug-likeness (QED) is 0.0133. The molecule has 36 nitrogen and oxygen atoms in total. The standard InChI is InChI=1S/C16H25N3O6.2C13H16F9N3O6.C4H6F3NO2.C4H10O3.C2H6.CH4O3S.CH4/c1-4-13(20)17-7-10-23-16(24-11-8-18-14(21)5-2)25-12-9-19-15(22)6-3;2*14-11(15,16)7(26)23-1-4-29-10(30-5-2-24-8(27)12(17,18)19)31-6-3-25-9(28)13(20,21)22;5-4(6,7)3(10)8-1-2-9;1-5-4(6-2)7-3;1-2;1-5(2,3)4;/h4-6,16H,1-3,7-12H2,(H,17,20)(H,18,21)(H,19,22);2*10H,1-6H2,(H,23,26)(H,24,27)(H,25,28);9H,1-2H2,(H,8,10);4H,1-3H3;1-2H3;1H3,(H,2,3,4);1H4. The summed E-state index contributed by atoms with van der Waals surface area (Å²) < 4.78 is 334. The number of carbonyl (C=O) groups excluding carboxylic acids is 10. The zero-order valence-electron chi connectivity index (χ0n) is 58.8. The third-order valence-electron chi connectivity index (χ3n) is 9.15. The van der Waals surface area contributed by atoms with Gasteiger partial charge in [-0.15, -0.1) is 0 Å². The number of hydrogen-bond donors (Lipinski definition) is 12. The van der Waals surface area contributed by atoms with Gasteiger partial charge in [0.25, 0.3) is 36.0 Å². The largest absolute Gasteiger partial charge is 0.471 e. The van der Waals surface area contributed by atoms with Crippen molar-refractivity contribution in [3.05, 3.63) is 38.0 Å². The highest BCUT2D eigenvalue weighted by atomic mass is 32.2. The highest BCUT2D eigenvalue weighted by Crippen LogP contribution is 2.18. The minimum Gasteiger partial charge on any atom is -0.395 e. The number of halogens is 21. The molecule has 0 bridgehead atoms. The molecule has 0 aliphatic heterocycles. The monoisotopic (exact) mass is 1720 g/mol. The van der Waals surface area contributed by atoms with Crippen molar-refractivity contribution in [2.45, 2.75) is 90.4 Å². The van der Waals surface area contributed by atoms with Gasteiger partial charge in [-0.1, -0.05) is 41.0 Å². The van der Waals surface area contributed by atoms with Crippen LogP contribution in [0.3, 0.4) is 0 Å². The number of carbonyl (C=O) groups is 10. The van der Waals surface area contributed by atoms with Crippen molar-refractivity contribution in [2.75, 3.05) is 159 Å². The van der Waals surface area contributed by atoms with Gasteiger partial charge in [-0.3, -0.25) is 52.5 Å². The summed E-state index contributed by atoms with van der Waals surface area (Å²) in [6.07, 6.45) is -31.7. The van der Waals surface area contributed by atoms with Gasteiger partial charge in [0.1, 0.15) is 0 Å². The van der Waals surface area contributed by atoms with Crippen LogP contribution in [-0.2, 0) is 115 Å². The van der Waals surface area contributed by atoms with Crippen molar-refractivity contribution in [1.82, 2.24) is 53.2 Å². The topological polar surface area (TPSA) is 476 Å². The van der Waals surface area contributed by atoms with E-state index in [0.29, 0.717) is 6.26 Å². The maximum absolute atomic E-state index is 12.0. The number of methoxy groups -OCH3 is 3. The van der Waals surface area contributed by atoms with Gasteiger partial charge in [0.2, 0.25) is 17.7 Å². The van der Waals surface area contributed by atoms with Crippen molar-refractivity contribution in [2.24, 2.45) is 0 Å². The molecular formula is C54H87F21N10O26S. The van der Waals surface area contributed by atoms with Crippen molar-refractivity contribution >= 4 is 69.2 Å². The molecule has 0 aromatic heterocycles. The van der Waals surface area contributed by atoms with E-state index in [9.17, 15) is 149 Å². The summed E-state index contributed by atoms with van der Waals surface area (Å²) in [5, 5.41) is 25.5. The van der Waals surface area contributed by atoms with Gasteiger partial charge in [-0.2, -0.15) is 101 Å². The van der Waals surface area contributed by atoms with Crippen LogP contribution in [0.2, 0.25) is 0 Å². The van der Waals surface area contributed by atoms with E-state index < -0.39 is 206 Å². The van der Waals surface area contributed by atoms with E-state index in [2.05, 4.69) is 49.9 Å². The van der Waals surface area contributed by atoms with Crippen LogP contribution in [0.15, 0.2) is 38.0 Å². The van der Waals surface area contributed by atoms with Crippen LogP contribution < -0.4 is 53.2 Å². The Labute approximate surface area is 623 Å². The van der Waals surface area contributed by atoms with E-state index in [1.807, 2.05) is 13.8 Å². The Kier molecular flexibility index (Phi) is 70.8. The van der Waals surface area contributed by atoms with Crippen LogP contribution >= 0.6 is 0 Å². The summed E-state index contributed by atoms with van der Waals surface area (Å²) in [5.41, 5.74) is 0. The zero-order chi connectivity index (χ0) is 87.9. The van der Waals surface area contributed by atoms with Gasteiger partial charge in [0, 0.05) is 86.8 Å². The first-order valence-corrected chi connectivity index (χ1v) is 31.6. The third kappa shape index (κ3) is 81.3. The van der Waals surface area contributed by atoms with Gasteiger partial charge < -0.3 is 115 Å². The minimum atomic E-state index is -5.17. The number of aliphatic hydroxyl groups is 1. The molecule has 0 aromatic carbocycles. The third-order valence-corrected chi connectivity index (χ3v) is 9.15. The van der Waals surface area contributed by atoms with Gasteiger partial charge in [0.15, 0.2) is 0 Å². The van der Waals surface area contributed by atoms with Crippen molar-refractivity contribution in [3.8, 4) is 0 Å². The molecule has 12 N–H and O–H groups in total. The molecule has 0 spiro atoms. The fourth-order valence-electron chi connectivity index (χ4n) is 4.72. The van der Waals surface area contributed by atoms with Crippen LogP contribution in [0.4, 0.5) is 92.2 Å². The van der Waals surface area contributed by atoms with Gasteiger partial charge >= 0.3 is 84.6 Å². The Hall–Kier alpha value is -8.16. The van der Waals surface area contributed by atoms with Crippen LogP contribution in [-0.4, -0.2) is 305 Å². The molecule has 0 saturated carbocycles. The Balaban J connectivity index is -0.000000209. The first-order valence-electron chi connectivity index (χ1n) is 29.8. The van der Waals surface area contributed by atoms with Crippen LogP contribution in [0.5, 0.6) is 0 Å². The molecule has 0 radical (unpaired) electrons. The molecule has 10 amide bonds. The summed E-state index contributed by atoms with van der Waals surface area (Å²) in [6.45, 7) is 0.811. The van der Waals surface area contributed by atoms with E-state index >= 15 is 0 Å². The van der Waals surface area contributed by atoms with E-state index in [1.165, 1.54) is 58.5 Å². The molecule has 0 rings (SSSR count). The molecule has 0 fully saturated rings. The molecule has 0 aliphatic rings. The van der Waals surface area contributed by atoms with Crippen molar-refractivity contribution in [3.63, 3.8) is 0 Å². The normalized spacial score (nSPS) is 11.4. The molecule has 0 atom stereocenters. The molecule has 0 aromatic rings. The van der Waals surface area contributed by atoms with Crippen molar-refractivity contribution in [1.29, 1.82) is 0 Å². The molecular weight excluding hydrogens is 1640 g/mol. The lowest BCUT2D eigenvalue weighted by Crippen LogP contribution is -2.41. The summed E-state index contributed by atoms with van der Waals surface area (Å²) in [6, 6.07) is 0. The second-order valence-electron chi connectivity index (χ2n) is 17.9. The highest BCUT2D eigenvalue weighted by Gasteiger charge is 2.42. The molecule has 0 heterocycles. The number of rotatable bonds is 44. The molecule has 112 heavy (non-hydrogen) atoms. The molecule has 0 aliphatic carbocycles.